The molecule has 2 N–H and O–H groups in total. The second-order valence-electron chi connectivity index (χ2n) is 6.12. The van der Waals surface area contributed by atoms with Gasteiger partial charge in [-0.3, -0.25) is 4.79 Å². The third-order valence-electron chi connectivity index (χ3n) is 3.85. The van der Waals surface area contributed by atoms with E-state index in [4.69, 9.17) is 25.8 Å². The highest BCUT2D eigenvalue weighted by atomic mass is 35.5. The zero-order valence-corrected chi connectivity index (χ0v) is 18.6. The van der Waals surface area contributed by atoms with Gasteiger partial charge in [0.1, 0.15) is 5.75 Å². The Morgan fingerprint density at radius 3 is 2.42 bits per heavy atom. The van der Waals surface area contributed by atoms with Crippen molar-refractivity contribution >= 4 is 39.2 Å². The molecule has 0 aromatic heterocycles. The minimum atomic E-state index is -3.74. The monoisotopic (exact) mass is 470 g/mol. The van der Waals surface area contributed by atoms with Gasteiger partial charge in [0.25, 0.3) is 5.91 Å². The van der Waals surface area contributed by atoms with Gasteiger partial charge in [-0.05, 0) is 49.4 Å². The molecule has 1 amide bonds. The summed E-state index contributed by atoms with van der Waals surface area (Å²) < 4.78 is 41.8. The Kier molecular flexibility index (Phi) is 9.25. The molecule has 0 bridgehead atoms. The van der Waals surface area contributed by atoms with Gasteiger partial charge in [-0.25, -0.2) is 17.9 Å². The van der Waals surface area contributed by atoms with Crippen LogP contribution < -0.4 is 14.8 Å². The second kappa shape index (κ2) is 11.7. The van der Waals surface area contributed by atoms with E-state index < -0.39 is 21.9 Å². The lowest BCUT2D eigenvalue weighted by atomic mass is 10.2. The third-order valence-corrected chi connectivity index (χ3v) is 5.60. The number of carbonyl (C=O) groups is 2. The van der Waals surface area contributed by atoms with Gasteiger partial charge >= 0.3 is 5.97 Å². The Morgan fingerprint density at radius 2 is 1.81 bits per heavy atom. The highest BCUT2D eigenvalue weighted by Gasteiger charge is 2.16. The number of ether oxygens (including phenoxy) is 3. The molecule has 11 heteroatoms. The van der Waals surface area contributed by atoms with Crippen LogP contribution in [-0.4, -0.2) is 53.8 Å². The average Bonchev–Trinajstić information content (AvgIpc) is 2.73. The van der Waals surface area contributed by atoms with E-state index in [0.29, 0.717) is 11.3 Å². The Hall–Kier alpha value is -2.66. The summed E-state index contributed by atoms with van der Waals surface area (Å²) in [5.74, 6) is -0.749. The van der Waals surface area contributed by atoms with Crippen LogP contribution in [0.2, 0.25) is 5.02 Å². The minimum absolute atomic E-state index is 0.0351. The molecule has 0 radical (unpaired) electrons. The molecule has 0 spiro atoms. The number of amides is 1. The predicted octanol–water partition coefficient (Wildman–Crippen LogP) is 2.46. The second-order valence-corrected chi connectivity index (χ2v) is 8.29. The number of methoxy groups -OCH3 is 1. The van der Waals surface area contributed by atoms with E-state index >= 15 is 0 Å². The molecule has 9 nitrogen and oxygen atoms in total. The number of anilines is 1. The number of benzene rings is 2. The molecule has 2 aromatic rings. The molecular weight excluding hydrogens is 448 g/mol. The molecule has 0 saturated heterocycles. The molecule has 0 saturated carbocycles. The standard InChI is InChI=1S/C20H23ClN2O7S/c1-3-29-20(25)14-4-6-15(7-5-14)23-19(24)13-30-18-9-8-16(12-17(18)21)31(26,27)22-10-11-28-2/h4-9,12,22H,3,10-11,13H2,1-2H3,(H,23,24). The van der Waals surface area contributed by atoms with Crippen LogP contribution in [0.25, 0.3) is 0 Å². The van der Waals surface area contributed by atoms with Crippen molar-refractivity contribution in [3.8, 4) is 5.75 Å². The van der Waals surface area contributed by atoms with Crippen molar-refractivity contribution in [1.82, 2.24) is 4.72 Å². The van der Waals surface area contributed by atoms with Gasteiger partial charge in [0.2, 0.25) is 10.0 Å². The fraction of sp³-hybridized carbons (Fsp3) is 0.300. The summed E-state index contributed by atoms with van der Waals surface area (Å²) in [5.41, 5.74) is 0.839. The molecule has 0 atom stereocenters. The van der Waals surface area contributed by atoms with Crippen molar-refractivity contribution < 1.29 is 32.2 Å². The molecule has 2 aromatic carbocycles. The van der Waals surface area contributed by atoms with E-state index in [2.05, 4.69) is 10.0 Å². The molecule has 0 aliphatic carbocycles. The fourth-order valence-electron chi connectivity index (χ4n) is 2.37. The highest BCUT2D eigenvalue weighted by molar-refractivity contribution is 7.89. The van der Waals surface area contributed by atoms with E-state index in [1.807, 2.05) is 0 Å². The zero-order valence-electron chi connectivity index (χ0n) is 17.0. The number of sulfonamides is 1. The van der Waals surface area contributed by atoms with Crippen molar-refractivity contribution in [3.63, 3.8) is 0 Å². The van der Waals surface area contributed by atoms with Gasteiger partial charge in [0, 0.05) is 19.3 Å². The van der Waals surface area contributed by atoms with Crippen molar-refractivity contribution in [2.75, 3.05) is 38.8 Å². The van der Waals surface area contributed by atoms with E-state index in [9.17, 15) is 18.0 Å². The number of carbonyl (C=O) groups excluding carboxylic acids is 2. The summed E-state index contributed by atoms with van der Waals surface area (Å²) in [5, 5.41) is 2.66. The molecule has 2 rings (SSSR count). The maximum absolute atomic E-state index is 12.2. The van der Waals surface area contributed by atoms with Crippen molar-refractivity contribution in [2.45, 2.75) is 11.8 Å². The fourth-order valence-corrected chi connectivity index (χ4v) is 3.71. The Morgan fingerprint density at radius 1 is 1.10 bits per heavy atom. The predicted molar refractivity (Wildman–Crippen MR) is 115 cm³/mol. The lowest BCUT2D eigenvalue weighted by Gasteiger charge is -2.11. The summed E-state index contributed by atoms with van der Waals surface area (Å²) in [4.78, 5) is 23.7. The molecule has 0 fully saturated rings. The number of hydrogen-bond acceptors (Lipinski definition) is 7. The average molecular weight is 471 g/mol. The molecule has 168 valence electrons. The van der Waals surface area contributed by atoms with Gasteiger partial charge in [-0.2, -0.15) is 0 Å². The van der Waals surface area contributed by atoms with Gasteiger partial charge in [-0.15, -0.1) is 0 Å². The molecule has 0 heterocycles. The maximum atomic E-state index is 12.2. The zero-order chi connectivity index (χ0) is 22.9. The number of rotatable bonds is 11. The minimum Gasteiger partial charge on any atom is -0.482 e. The molecular formula is C20H23ClN2O7S. The lowest BCUT2D eigenvalue weighted by molar-refractivity contribution is -0.118. The van der Waals surface area contributed by atoms with Crippen LogP contribution in [0.4, 0.5) is 5.69 Å². The third kappa shape index (κ3) is 7.51. The van der Waals surface area contributed by atoms with E-state index in [1.54, 1.807) is 19.1 Å². The molecule has 31 heavy (non-hydrogen) atoms. The Balaban J connectivity index is 1.92. The normalized spacial score (nSPS) is 11.1. The van der Waals surface area contributed by atoms with Crippen molar-refractivity contribution in [3.05, 3.63) is 53.1 Å². The van der Waals surface area contributed by atoms with Gasteiger partial charge in [0.15, 0.2) is 6.61 Å². The number of halogens is 1. The van der Waals surface area contributed by atoms with Crippen LogP contribution in [0, 0.1) is 0 Å². The van der Waals surface area contributed by atoms with Crippen LogP contribution in [0.15, 0.2) is 47.4 Å². The van der Waals surface area contributed by atoms with Crippen LogP contribution in [-0.2, 0) is 24.3 Å². The van der Waals surface area contributed by atoms with Crippen LogP contribution >= 0.6 is 11.6 Å². The van der Waals surface area contributed by atoms with Crippen LogP contribution in [0.3, 0.4) is 0 Å². The summed E-state index contributed by atoms with van der Waals surface area (Å²) in [6, 6.07) is 10.1. The largest absolute Gasteiger partial charge is 0.482 e. The van der Waals surface area contributed by atoms with Gasteiger partial charge in [-0.1, -0.05) is 11.6 Å². The summed E-state index contributed by atoms with van der Waals surface area (Å²) in [6.45, 7) is 1.99. The van der Waals surface area contributed by atoms with Crippen LogP contribution in [0.5, 0.6) is 5.75 Å². The highest BCUT2D eigenvalue weighted by Crippen LogP contribution is 2.27. The van der Waals surface area contributed by atoms with E-state index in [0.717, 1.165) is 0 Å². The van der Waals surface area contributed by atoms with Crippen molar-refractivity contribution in [2.24, 2.45) is 0 Å². The van der Waals surface area contributed by atoms with Crippen LogP contribution in [0.1, 0.15) is 17.3 Å². The summed E-state index contributed by atoms with van der Waals surface area (Å²) in [6.07, 6.45) is 0. The van der Waals surface area contributed by atoms with E-state index in [1.165, 1.54) is 37.4 Å². The Bertz CT molecular complexity index is 1010. The topological polar surface area (TPSA) is 120 Å². The van der Waals surface area contributed by atoms with Gasteiger partial charge < -0.3 is 19.5 Å². The number of nitrogens with one attached hydrogen (secondary N) is 2. The maximum Gasteiger partial charge on any atom is 0.338 e. The SMILES string of the molecule is CCOC(=O)c1ccc(NC(=O)COc2ccc(S(=O)(=O)NCCOC)cc2Cl)cc1. The number of hydrogen-bond donors (Lipinski definition) is 2. The van der Waals surface area contributed by atoms with E-state index in [-0.39, 0.29) is 42.0 Å². The smallest absolute Gasteiger partial charge is 0.338 e. The first-order chi connectivity index (χ1) is 14.8. The van der Waals surface area contributed by atoms with Crippen molar-refractivity contribution in [1.29, 1.82) is 0 Å². The summed E-state index contributed by atoms with van der Waals surface area (Å²) in [7, 11) is -2.28. The number of esters is 1. The first kappa shape index (κ1) is 24.6. The summed E-state index contributed by atoms with van der Waals surface area (Å²) >= 11 is 6.10. The molecule has 0 aliphatic rings. The van der Waals surface area contributed by atoms with Gasteiger partial charge in [0.05, 0.1) is 28.7 Å². The quantitative estimate of drug-likeness (QED) is 0.382. The lowest BCUT2D eigenvalue weighted by Crippen LogP contribution is -2.27. The molecule has 0 aliphatic heterocycles. The first-order valence-corrected chi connectivity index (χ1v) is 11.1. The molecule has 0 unspecified atom stereocenters. The Labute approximate surface area is 185 Å². The first-order valence-electron chi connectivity index (χ1n) is 9.24.